The molecule has 25 heavy (non-hydrogen) atoms. The number of nitrogens with one attached hydrogen (secondary N) is 1. The van der Waals surface area contributed by atoms with E-state index < -0.39 is 0 Å². The number of aromatic nitrogens is 6. The number of anilines is 1. The minimum Gasteiger partial charge on any atom is -0.360 e. The number of nitrogens with zero attached hydrogens (tertiary/aromatic N) is 6. The summed E-state index contributed by atoms with van der Waals surface area (Å²) in [6.07, 6.45) is 8.39. The molecule has 1 fully saturated rings. The quantitative estimate of drug-likeness (QED) is 0.784. The van der Waals surface area contributed by atoms with Crippen LogP contribution in [-0.4, -0.2) is 29.7 Å². The van der Waals surface area contributed by atoms with Gasteiger partial charge in [0.1, 0.15) is 18.5 Å². The molecule has 0 radical (unpaired) electrons. The van der Waals surface area contributed by atoms with Crippen molar-refractivity contribution in [3.63, 3.8) is 0 Å². The highest BCUT2D eigenvalue weighted by atomic mass is 15.3. The lowest BCUT2D eigenvalue weighted by Crippen LogP contribution is -2.17. The molecule has 3 aromatic heterocycles. The zero-order chi connectivity index (χ0) is 17.4. The first-order chi connectivity index (χ1) is 12.1. The van der Waals surface area contributed by atoms with Crippen LogP contribution in [0.2, 0.25) is 0 Å². The minimum atomic E-state index is 0.00176. The van der Waals surface area contributed by atoms with Crippen molar-refractivity contribution < 1.29 is 0 Å². The van der Waals surface area contributed by atoms with Crippen molar-refractivity contribution in [1.29, 1.82) is 0 Å². The molecular weight excluding hydrogens is 314 g/mol. The maximum absolute atomic E-state index is 4.52. The first-order valence-corrected chi connectivity index (χ1v) is 8.88. The molecule has 7 heteroatoms. The lowest BCUT2D eigenvalue weighted by atomic mass is 10.1. The monoisotopic (exact) mass is 337 g/mol. The Kier molecular flexibility index (Phi) is 4.07. The topological polar surface area (TPSA) is 81.4 Å². The second kappa shape index (κ2) is 6.38. The highest BCUT2D eigenvalue weighted by Gasteiger charge is 2.23. The molecule has 1 saturated carbocycles. The van der Waals surface area contributed by atoms with E-state index in [-0.39, 0.29) is 6.04 Å². The first kappa shape index (κ1) is 15.9. The zero-order valence-corrected chi connectivity index (χ0v) is 14.9. The van der Waals surface area contributed by atoms with Crippen LogP contribution in [0.15, 0.2) is 18.7 Å². The summed E-state index contributed by atoms with van der Waals surface area (Å²) in [6, 6.07) is 2.58. The summed E-state index contributed by atoms with van der Waals surface area (Å²) in [5.74, 6) is 1.75. The molecule has 7 nitrogen and oxygen atoms in total. The second-order valence-corrected chi connectivity index (χ2v) is 6.90. The maximum Gasteiger partial charge on any atom is 0.165 e. The molecule has 1 aliphatic rings. The molecule has 0 bridgehead atoms. The number of pyridine rings is 1. The molecular formula is C18H23N7. The van der Waals surface area contributed by atoms with E-state index in [0.717, 1.165) is 33.9 Å². The van der Waals surface area contributed by atoms with Crippen molar-refractivity contribution in [2.45, 2.75) is 58.5 Å². The molecule has 3 heterocycles. The summed E-state index contributed by atoms with van der Waals surface area (Å²) in [7, 11) is 0. The van der Waals surface area contributed by atoms with Gasteiger partial charge in [-0.25, -0.2) is 15.0 Å². The van der Waals surface area contributed by atoms with Crippen LogP contribution >= 0.6 is 0 Å². The molecule has 0 spiro atoms. The van der Waals surface area contributed by atoms with Crippen LogP contribution in [0.4, 0.5) is 5.82 Å². The summed E-state index contributed by atoms with van der Waals surface area (Å²) in [4.78, 5) is 13.3. The first-order valence-electron chi connectivity index (χ1n) is 8.88. The van der Waals surface area contributed by atoms with Crippen LogP contribution in [0.3, 0.4) is 0 Å². The van der Waals surface area contributed by atoms with E-state index in [1.54, 1.807) is 6.33 Å². The Morgan fingerprint density at radius 2 is 2.00 bits per heavy atom. The van der Waals surface area contributed by atoms with Crippen molar-refractivity contribution in [1.82, 2.24) is 29.7 Å². The Morgan fingerprint density at radius 3 is 2.80 bits per heavy atom. The Balaban J connectivity index is 1.67. The van der Waals surface area contributed by atoms with Crippen molar-refractivity contribution in [2.24, 2.45) is 0 Å². The third kappa shape index (κ3) is 2.94. The van der Waals surface area contributed by atoms with E-state index in [4.69, 9.17) is 0 Å². The van der Waals surface area contributed by atoms with Gasteiger partial charge in [0, 0.05) is 11.7 Å². The van der Waals surface area contributed by atoms with E-state index in [1.807, 2.05) is 13.3 Å². The standard InChI is InChI=1S/C18H23N7/c1-11-8-12(2)22-16-15(11)17(20-9-19-16)23-13(3)18-24-21-10-25(18)14-6-4-5-7-14/h8-10,13-14H,4-7H2,1-3H3,(H,19,20,22,23)/t13-/m1/s1. The Hall–Kier alpha value is -2.57. The van der Waals surface area contributed by atoms with Gasteiger partial charge in [-0.05, 0) is 45.2 Å². The summed E-state index contributed by atoms with van der Waals surface area (Å²) >= 11 is 0. The summed E-state index contributed by atoms with van der Waals surface area (Å²) < 4.78 is 2.23. The molecule has 4 rings (SSSR count). The highest BCUT2D eigenvalue weighted by Crippen LogP contribution is 2.32. The van der Waals surface area contributed by atoms with Gasteiger partial charge in [0.15, 0.2) is 11.5 Å². The van der Waals surface area contributed by atoms with Gasteiger partial charge < -0.3 is 9.88 Å². The van der Waals surface area contributed by atoms with E-state index in [2.05, 4.69) is 54.9 Å². The zero-order valence-electron chi connectivity index (χ0n) is 14.9. The fraction of sp³-hybridized carbons (Fsp3) is 0.500. The molecule has 130 valence electrons. The van der Waals surface area contributed by atoms with Gasteiger partial charge in [-0.3, -0.25) is 0 Å². The molecule has 0 unspecified atom stereocenters. The SMILES string of the molecule is Cc1cc(C)c2c(N[C@H](C)c3nncn3C3CCCC3)ncnc2n1. The molecule has 0 aliphatic heterocycles. The van der Waals surface area contributed by atoms with Crippen LogP contribution in [0.25, 0.3) is 11.0 Å². The van der Waals surface area contributed by atoms with Gasteiger partial charge in [-0.1, -0.05) is 12.8 Å². The molecule has 0 amide bonds. The van der Waals surface area contributed by atoms with E-state index in [9.17, 15) is 0 Å². The summed E-state index contributed by atoms with van der Waals surface area (Å²) in [5, 5.41) is 13.0. The lowest BCUT2D eigenvalue weighted by molar-refractivity contribution is 0.488. The largest absolute Gasteiger partial charge is 0.360 e. The van der Waals surface area contributed by atoms with Crippen molar-refractivity contribution in [2.75, 3.05) is 5.32 Å². The van der Waals surface area contributed by atoms with Crippen LogP contribution in [0.1, 0.15) is 61.8 Å². The summed E-state index contributed by atoms with van der Waals surface area (Å²) in [5.41, 5.74) is 2.80. The Morgan fingerprint density at radius 1 is 1.20 bits per heavy atom. The molecule has 1 atom stereocenters. The lowest BCUT2D eigenvalue weighted by Gasteiger charge is -2.20. The van der Waals surface area contributed by atoms with Crippen molar-refractivity contribution in [3.8, 4) is 0 Å². The van der Waals surface area contributed by atoms with E-state index in [1.165, 1.54) is 25.7 Å². The highest BCUT2D eigenvalue weighted by molar-refractivity contribution is 5.89. The van der Waals surface area contributed by atoms with Gasteiger partial charge in [0.2, 0.25) is 0 Å². The van der Waals surface area contributed by atoms with Gasteiger partial charge >= 0.3 is 0 Å². The predicted molar refractivity (Wildman–Crippen MR) is 96.4 cm³/mol. The number of fused-ring (bicyclic) bond motifs is 1. The van der Waals surface area contributed by atoms with Gasteiger partial charge in [0.25, 0.3) is 0 Å². The van der Waals surface area contributed by atoms with Crippen molar-refractivity contribution >= 4 is 16.9 Å². The summed E-state index contributed by atoms with van der Waals surface area (Å²) in [6.45, 7) is 6.14. The third-order valence-corrected chi connectivity index (χ3v) is 4.99. The molecule has 1 aliphatic carbocycles. The average molecular weight is 337 g/mol. The number of aryl methyl sites for hydroxylation is 2. The fourth-order valence-corrected chi connectivity index (χ4v) is 3.81. The van der Waals surface area contributed by atoms with Crippen LogP contribution in [0, 0.1) is 13.8 Å². The van der Waals surface area contributed by atoms with Crippen LogP contribution in [0.5, 0.6) is 0 Å². The molecule has 0 saturated heterocycles. The Labute approximate surface area is 146 Å². The molecule has 0 aromatic carbocycles. The number of hydrogen-bond donors (Lipinski definition) is 1. The van der Waals surface area contributed by atoms with Gasteiger partial charge in [-0.2, -0.15) is 0 Å². The van der Waals surface area contributed by atoms with E-state index in [0.29, 0.717) is 6.04 Å². The van der Waals surface area contributed by atoms with Gasteiger partial charge in [-0.15, -0.1) is 10.2 Å². The fourth-order valence-electron chi connectivity index (χ4n) is 3.81. The Bertz CT molecular complexity index is 896. The normalized spacial score (nSPS) is 16.4. The third-order valence-electron chi connectivity index (χ3n) is 4.99. The molecule has 3 aromatic rings. The minimum absolute atomic E-state index is 0.00176. The maximum atomic E-state index is 4.52. The van der Waals surface area contributed by atoms with Crippen LogP contribution in [-0.2, 0) is 0 Å². The average Bonchev–Trinajstić information content (AvgIpc) is 3.25. The van der Waals surface area contributed by atoms with Crippen molar-refractivity contribution in [3.05, 3.63) is 35.8 Å². The number of rotatable bonds is 4. The number of hydrogen-bond acceptors (Lipinski definition) is 6. The van der Waals surface area contributed by atoms with Crippen LogP contribution < -0.4 is 5.32 Å². The molecule has 1 N–H and O–H groups in total. The smallest absolute Gasteiger partial charge is 0.165 e. The second-order valence-electron chi connectivity index (χ2n) is 6.90. The van der Waals surface area contributed by atoms with E-state index >= 15 is 0 Å². The predicted octanol–water partition coefficient (Wildman–Crippen LogP) is 3.52. The van der Waals surface area contributed by atoms with Gasteiger partial charge in [0.05, 0.1) is 11.4 Å².